The molecule has 3 nitrogen and oxygen atoms in total. The molecule has 1 spiro atoms. The Labute approximate surface area is 608 Å². The molecule has 1 heterocycles. The summed E-state index contributed by atoms with van der Waals surface area (Å²) in [5.41, 5.74) is 35.8. The molecule has 2 aliphatic rings. The summed E-state index contributed by atoms with van der Waals surface area (Å²) in [5.74, 6) is 1.81. The standard InChI is InChI=1S/C101H69N3/c1-67(69-46-52-74(53-47-69)98-102-99(75-54-48-72(49-55-75)80-31-17-29-78(61-80)70-24-5-3-6-25-70)104-100(103-98)76-56-50-73(51-57-76)81-32-18-30-79(62-81)71-26-7-4-8-27-71)22-15-23-68(2)77-28-16-33-82(60-77)83-34-19-35-84(63-83)85-36-20-37-86(64-85)87-38-21-39-88(65-87)89-58-59-93-92-42-11-14-45-96(92)101(97(93)66-89)94-43-12-9-40-90(94)91-41-10-13-44-95(91)101/h3-66H,2H2,1H3/b23-15-,67-22+. The average molecular weight is 1320 g/mol. The lowest BCUT2D eigenvalue weighted by molar-refractivity contribution is 0.794. The topological polar surface area (TPSA) is 38.7 Å². The Morgan fingerprint density at radius 1 is 0.240 bits per heavy atom. The zero-order chi connectivity index (χ0) is 69.5. The van der Waals surface area contributed by atoms with E-state index in [1.54, 1.807) is 0 Å². The van der Waals surface area contributed by atoms with Crippen LogP contribution in [0.5, 0.6) is 0 Å². The molecule has 2 aliphatic carbocycles. The minimum Gasteiger partial charge on any atom is -0.208 e. The molecule has 0 radical (unpaired) electrons. The summed E-state index contributed by atoms with van der Waals surface area (Å²) < 4.78 is 0. The summed E-state index contributed by atoms with van der Waals surface area (Å²) in [7, 11) is 0. The number of rotatable bonds is 15. The maximum atomic E-state index is 5.17. The highest BCUT2D eigenvalue weighted by Gasteiger charge is 2.51. The Bertz CT molecular complexity index is 5830. The van der Waals surface area contributed by atoms with Crippen LogP contribution in [0.1, 0.15) is 40.3 Å². The molecule has 16 aromatic rings. The monoisotopic (exact) mass is 1320 g/mol. The van der Waals surface area contributed by atoms with E-state index >= 15 is 0 Å². The second-order valence-electron chi connectivity index (χ2n) is 27.1. The fourth-order valence-electron chi connectivity index (χ4n) is 15.6. The van der Waals surface area contributed by atoms with Crippen molar-refractivity contribution in [2.75, 3.05) is 0 Å². The average Bonchev–Trinajstić information content (AvgIpc) is 1.51. The number of fused-ring (bicyclic) bond motifs is 10. The number of hydrogen-bond acceptors (Lipinski definition) is 3. The predicted octanol–water partition coefficient (Wildman–Crippen LogP) is 26.2. The van der Waals surface area contributed by atoms with E-state index in [4.69, 9.17) is 15.0 Å². The minimum absolute atomic E-state index is 0.388. The summed E-state index contributed by atoms with van der Waals surface area (Å²) in [6.45, 7) is 6.69. The highest BCUT2D eigenvalue weighted by Crippen LogP contribution is 2.63. The van der Waals surface area contributed by atoms with Crippen LogP contribution in [0, 0.1) is 0 Å². The van der Waals surface area contributed by atoms with Gasteiger partial charge in [-0.05, 0) is 205 Å². The van der Waals surface area contributed by atoms with Gasteiger partial charge in [-0.15, -0.1) is 0 Å². The first kappa shape index (κ1) is 62.8. The van der Waals surface area contributed by atoms with Crippen LogP contribution >= 0.6 is 0 Å². The summed E-state index contributed by atoms with van der Waals surface area (Å²) in [6, 6.07) is 134. The van der Waals surface area contributed by atoms with Crippen LogP contribution in [-0.2, 0) is 5.41 Å². The van der Waals surface area contributed by atoms with E-state index < -0.39 is 0 Å². The lowest BCUT2D eigenvalue weighted by Gasteiger charge is -2.30. The third kappa shape index (κ3) is 11.7. The second kappa shape index (κ2) is 26.9. The Morgan fingerprint density at radius 3 is 0.913 bits per heavy atom. The van der Waals surface area contributed by atoms with Crippen molar-refractivity contribution >= 4 is 11.1 Å². The van der Waals surface area contributed by atoms with Gasteiger partial charge in [0.15, 0.2) is 17.5 Å². The zero-order valence-corrected chi connectivity index (χ0v) is 57.5. The van der Waals surface area contributed by atoms with Gasteiger partial charge >= 0.3 is 0 Å². The zero-order valence-electron chi connectivity index (χ0n) is 57.5. The Morgan fingerprint density at radius 2 is 0.519 bits per heavy atom. The maximum absolute atomic E-state index is 5.17. The van der Waals surface area contributed by atoms with E-state index in [1.165, 1.54) is 94.6 Å². The summed E-state index contributed by atoms with van der Waals surface area (Å²) in [4.78, 5) is 15.5. The van der Waals surface area contributed by atoms with Crippen molar-refractivity contribution in [1.29, 1.82) is 0 Å². The smallest absolute Gasteiger partial charge is 0.164 e. The SMILES string of the molecule is C=C(/C=C\C=C(/C)c1ccc(-c2nc(-c3ccc(-c4cccc(-c5ccccc5)c4)cc3)nc(-c3ccc(-c4cccc(-c5ccccc5)c4)cc3)n2)cc1)c1cccc(-c2cccc(-c3cccc(-c4cccc(-c5ccc6c(c5)C5(c7ccccc7-c7ccccc75)c5ccccc5-6)c4)c3)c2)c1. The van der Waals surface area contributed by atoms with E-state index in [-0.39, 0.29) is 5.41 Å². The first-order chi connectivity index (χ1) is 51.3. The van der Waals surface area contributed by atoms with Crippen LogP contribution in [0.3, 0.4) is 0 Å². The fraction of sp³-hybridized carbons (Fsp3) is 0.0198. The van der Waals surface area contributed by atoms with Crippen LogP contribution in [0.2, 0.25) is 0 Å². The Hall–Kier alpha value is -13.5. The molecule has 488 valence electrons. The Balaban J connectivity index is 0.578. The van der Waals surface area contributed by atoms with Crippen molar-refractivity contribution < 1.29 is 0 Å². The predicted molar refractivity (Wildman–Crippen MR) is 434 cm³/mol. The van der Waals surface area contributed by atoms with E-state index in [0.717, 1.165) is 77.9 Å². The summed E-state index contributed by atoms with van der Waals surface area (Å²) in [5, 5.41) is 0. The lowest BCUT2D eigenvalue weighted by atomic mass is 9.70. The number of allylic oxidation sites excluding steroid dienone is 5. The van der Waals surface area contributed by atoms with Crippen LogP contribution in [0.4, 0.5) is 0 Å². The summed E-state index contributed by atoms with van der Waals surface area (Å²) >= 11 is 0. The van der Waals surface area contributed by atoms with Crippen molar-refractivity contribution in [2.24, 2.45) is 0 Å². The van der Waals surface area contributed by atoms with Gasteiger partial charge in [0.05, 0.1) is 5.41 Å². The molecule has 3 heteroatoms. The first-order valence-electron chi connectivity index (χ1n) is 35.6. The third-order valence-corrected chi connectivity index (χ3v) is 20.9. The van der Waals surface area contributed by atoms with Crippen LogP contribution in [0.25, 0.3) is 157 Å². The van der Waals surface area contributed by atoms with Crippen LogP contribution in [-0.4, -0.2) is 15.0 Å². The first-order valence-corrected chi connectivity index (χ1v) is 35.6. The van der Waals surface area contributed by atoms with Crippen molar-refractivity contribution in [1.82, 2.24) is 15.0 Å². The van der Waals surface area contributed by atoms with E-state index in [9.17, 15) is 0 Å². The van der Waals surface area contributed by atoms with Crippen LogP contribution in [0.15, 0.2) is 395 Å². The largest absolute Gasteiger partial charge is 0.208 e. The third-order valence-electron chi connectivity index (χ3n) is 20.9. The van der Waals surface area contributed by atoms with E-state index in [0.29, 0.717) is 17.5 Å². The van der Waals surface area contributed by atoms with Gasteiger partial charge in [0.25, 0.3) is 0 Å². The molecular formula is C101H69N3. The van der Waals surface area contributed by atoms with Crippen molar-refractivity contribution in [3.05, 3.63) is 428 Å². The van der Waals surface area contributed by atoms with Gasteiger partial charge in [-0.3, -0.25) is 0 Å². The molecule has 0 N–H and O–H groups in total. The summed E-state index contributed by atoms with van der Waals surface area (Å²) in [6.07, 6.45) is 6.34. The molecule has 0 fully saturated rings. The van der Waals surface area contributed by atoms with Gasteiger partial charge in [-0.2, -0.15) is 0 Å². The van der Waals surface area contributed by atoms with E-state index in [2.05, 4.69) is 402 Å². The molecule has 18 rings (SSSR count). The molecule has 0 aliphatic heterocycles. The molecular weight excluding hydrogens is 1260 g/mol. The van der Waals surface area contributed by atoms with Crippen LogP contribution < -0.4 is 0 Å². The van der Waals surface area contributed by atoms with E-state index in [1.807, 2.05) is 0 Å². The highest BCUT2D eigenvalue weighted by atomic mass is 15.0. The van der Waals surface area contributed by atoms with Crippen molar-refractivity contribution in [2.45, 2.75) is 12.3 Å². The van der Waals surface area contributed by atoms with Gasteiger partial charge in [-0.1, -0.05) is 352 Å². The lowest BCUT2D eigenvalue weighted by Crippen LogP contribution is -2.25. The quantitative estimate of drug-likeness (QED) is 0.0960. The van der Waals surface area contributed by atoms with Gasteiger partial charge in [0.2, 0.25) is 0 Å². The van der Waals surface area contributed by atoms with Crippen molar-refractivity contribution in [3.8, 4) is 145 Å². The van der Waals surface area contributed by atoms with Gasteiger partial charge in [0, 0.05) is 16.7 Å². The second-order valence-corrected chi connectivity index (χ2v) is 27.1. The highest BCUT2D eigenvalue weighted by molar-refractivity contribution is 5.96. The van der Waals surface area contributed by atoms with Gasteiger partial charge in [-0.25, -0.2) is 15.0 Å². The number of aromatic nitrogens is 3. The molecule has 0 saturated carbocycles. The number of benzene rings is 15. The molecule has 0 unspecified atom stereocenters. The molecule has 0 bridgehead atoms. The molecule has 0 saturated heterocycles. The van der Waals surface area contributed by atoms with Gasteiger partial charge < -0.3 is 0 Å². The molecule has 104 heavy (non-hydrogen) atoms. The fourth-order valence-corrected chi connectivity index (χ4v) is 15.6. The molecule has 1 aromatic heterocycles. The Kier molecular flexibility index (Phi) is 16.2. The normalized spacial score (nSPS) is 12.4. The van der Waals surface area contributed by atoms with Crippen molar-refractivity contribution in [3.63, 3.8) is 0 Å². The number of hydrogen-bond donors (Lipinski definition) is 0. The molecule has 15 aromatic carbocycles. The minimum atomic E-state index is -0.388. The maximum Gasteiger partial charge on any atom is 0.164 e. The molecule has 0 atom stereocenters. The van der Waals surface area contributed by atoms with Gasteiger partial charge in [0.1, 0.15) is 0 Å². The number of nitrogens with zero attached hydrogens (tertiary/aromatic N) is 3. The molecule has 0 amide bonds.